The first-order valence-electron chi connectivity index (χ1n) is 25.1. The molecule has 18 nitrogen and oxygen atoms in total. The minimum Gasteiger partial charge on any atom is -0.459 e. The van der Waals surface area contributed by atoms with Crippen LogP contribution in [0.3, 0.4) is 0 Å². The third-order valence-electron chi connectivity index (χ3n) is 15.6. The van der Waals surface area contributed by atoms with Crippen molar-refractivity contribution >= 4 is 5.97 Å². The molecule has 3 fully saturated rings. The van der Waals surface area contributed by atoms with Gasteiger partial charge in [0.1, 0.15) is 48.8 Å². The van der Waals surface area contributed by atoms with E-state index in [0.29, 0.717) is 31.6 Å². The highest BCUT2D eigenvalue weighted by Gasteiger charge is 2.53. The predicted molar refractivity (Wildman–Crippen MR) is 258 cm³/mol. The third-order valence-corrected chi connectivity index (χ3v) is 15.6. The first kappa shape index (κ1) is 58.1. The molecular formula is C51H86FN5O13. The Hall–Kier alpha value is -2.76. The van der Waals surface area contributed by atoms with Crippen LogP contribution in [0.25, 0.3) is 0 Å². The molecule has 70 heavy (non-hydrogen) atoms. The number of carbonyl (C=O) groups is 1. The first-order valence-corrected chi connectivity index (χ1v) is 25.1. The average Bonchev–Trinajstić information content (AvgIpc) is 3.79. The number of methoxy groups -OCH3 is 2. The molecule has 3 aliphatic rings. The summed E-state index contributed by atoms with van der Waals surface area (Å²) in [5.74, 6) is -2.85. The number of esters is 1. The van der Waals surface area contributed by atoms with Crippen molar-refractivity contribution in [2.45, 2.75) is 204 Å². The van der Waals surface area contributed by atoms with E-state index < -0.39 is 127 Å². The highest BCUT2D eigenvalue weighted by atomic mass is 19.1. The van der Waals surface area contributed by atoms with Gasteiger partial charge in [-0.05, 0) is 93.3 Å². The van der Waals surface area contributed by atoms with E-state index in [2.05, 4.69) is 10.3 Å². The number of halogens is 1. The Morgan fingerprint density at radius 1 is 0.971 bits per heavy atom. The normalized spacial score (nSPS) is 40.8. The summed E-state index contributed by atoms with van der Waals surface area (Å²) in [4.78, 5) is 18.4. The maximum atomic E-state index is 14.6. The van der Waals surface area contributed by atoms with Crippen molar-refractivity contribution < 1.29 is 67.9 Å². The molecule has 3 saturated heterocycles. The van der Waals surface area contributed by atoms with Gasteiger partial charge >= 0.3 is 5.97 Å². The zero-order valence-corrected chi connectivity index (χ0v) is 44.1. The number of alkyl halides is 1. The monoisotopic (exact) mass is 996 g/mol. The van der Waals surface area contributed by atoms with Crippen molar-refractivity contribution in [1.82, 2.24) is 24.8 Å². The third kappa shape index (κ3) is 13.3. The van der Waals surface area contributed by atoms with Gasteiger partial charge in [0.25, 0.3) is 0 Å². The van der Waals surface area contributed by atoms with Crippen LogP contribution in [0.5, 0.6) is 0 Å². The molecule has 0 amide bonds. The number of aliphatic hydroxyl groups excluding tert-OH is 3. The molecule has 20 atom stereocenters. The largest absolute Gasteiger partial charge is 0.459 e. The molecule has 0 radical (unpaired) electrons. The summed E-state index contributed by atoms with van der Waals surface area (Å²) in [5.41, 5.74) is -3.13. The fourth-order valence-electron chi connectivity index (χ4n) is 11.2. The number of hydrogen-bond acceptors (Lipinski definition) is 17. The molecule has 0 saturated carbocycles. The molecule has 400 valence electrons. The zero-order valence-electron chi connectivity index (χ0n) is 44.1. The van der Waals surface area contributed by atoms with E-state index in [1.807, 2.05) is 68.1 Å². The van der Waals surface area contributed by atoms with Crippen LogP contribution in [-0.4, -0.2) is 195 Å². The minimum atomic E-state index is -1.85. The van der Waals surface area contributed by atoms with Gasteiger partial charge in [-0.3, -0.25) is 4.79 Å². The fourth-order valence-corrected chi connectivity index (χ4v) is 11.2. The summed E-state index contributed by atoms with van der Waals surface area (Å²) >= 11 is 0. The molecule has 5 N–H and O–H groups in total. The summed E-state index contributed by atoms with van der Waals surface area (Å²) in [7, 11) is 6.75. The summed E-state index contributed by atoms with van der Waals surface area (Å²) in [5, 5.41) is 68.3. The smallest absolute Gasteiger partial charge is 0.311 e. The lowest BCUT2D eigenvalue weighted by Gasteiger charge is -2.49. The van der Waals surface area contributed by atoms with Crippen molar-refractivity contribution in [3.63, 3.8) is 0 Å². The average molecular weight is 996 g/mol. The molecule has 1 aromatic heterocycles. The van der Waals surface area contributed by atoms with Crippen LogP contribution in [0, 0.1) is 17.8 Å². The number of aliphatic hydroxyl groups is 5. The zero-order chi connectivity index (χ0) is 52.0. The second-order valence-electron chi connectivity index (χ2n) is 21.4. The number of carbonyl (C=O) groups excluding carboxylic acids is 1. The number of rotatable bonds is 15. The van der Waals surface area contributed by atoms with Gasteiger partial charge in [-0.15, -0.1) is 5.10 Å². The van der Waals surface area contributed by atoms with Crippen LogP contribution in [0.4, 0.5) is 4.39 Å². The molecule has 0 aliphatic carbocycles. The van der Waals surface area contributed by atoms with E-state index in [1.54, 1.807) is 54.7 Å². The molecule has 19 heteroatoms. The molecule has 4 heterocycles. The topological polar surface area (TPSA) is 220 Å². The van der Waals surface area contributed by atoms with Crippen molar-refractivity contribution in [2.75, 3.05) is 48.1 Å². The van der Waals surface area contributed by atoms with Gasteiger partial charge in [-0.25, -0.2) is 9.07 Å². The van der Waals surface area contributed by atoms with E-state index in [0.717, 1.165) is 5.56 Å². The SMILES string of the molecule is CC[C@H]1OC(=O)[C@H](C)[C@@H](O[C@H]2C[C@@](C)(OC)[C@@H](O)[C@H](C)O2)[C@H](C)[C@@H](O[C@@H]2O[C@H](C)C[C@H](N(C)CCc3cn([C@H](CF)[C@H](OC)c4ccccc4)nn3)[C@H]2O)[C@](C)(O)C[C@@H](C)CN(C)[C@H](C)[C@@H](O)[C@]1(C)O. The van der Waals surface area contributed by atoms with Gasteiger partial charge in [0.15, 0.2) is 12.6 Å². The quantitative estimate of drug-likeness (QED) is 0.159. The van der Waals surface area contributed by atoms with Crippen LogP contribution < -0.4 is 0 Å². The van der Waals surface area contributed by atoms with Crippen molar-refractivity contribution in [1.29, 1.82) is 0 Å². The molecule has 0 unspecified atom stereocenters. The van der Waals surface area contributed by atoms with E-state index in [-0.39, 0.29) is 25.2 Å². The van der Waals surface area contributed by atoms with Gasteiger partial charge in [0.2, 0.25) is 0 Å². The summed E-state index contributed by atoms with van der Waals surface area (Å²) < 4.78 is 60.0. The number of hydrogen-bond donors (Lipinski definition) is 5. The highest BCUT2D eigenvalue weighted by Crippen LogP contribution is 2.40. The maximum absolute atomic E-state index is 14.6. The molecule has 2 aromatic rings. The Morgan fingerprint density at radius 2 is 1.64 bits per heavy atom. The number of nitrogens with zero attached hydrogens (tertiary/aromatic N) is 5. The Kier molecular flexibility index (Phi) is 20.4. The van der Waals surface area contributed by atoms with Gasteiger partial charge < -0.3 is 68.5 Å². The van der Waals surface area contributed by atoms with E-state index in [9.17, 15) is 34.7 Å². The van der Waals surface area contributed by atoms with Crippen molar-refractivity contribution in [3.8, 4) is 0 Å². The van der Waals surface area contributed by atoms with Gasteiger partial charge in [-0.1, -0.05) is 56.3 Å². The number of aromatic nitrogens is 3. The van der Waals surface area contributed by atoms with E-state index >= 15 is 0 Å². The van der Waals surface area contributed by atoms with E-state index in [1.165, 1.54) is 25.8 Å². The fraction of sp³-hybridized carbons (Fsp3) is 0.824. The molecule has 5 rings (SSSR count). The van der Waals surface area contributed by atoms with Crippen molar-refractivity contribution in [3.05, 3.63) is 47.8 Å². The Balaban J connectivity index is 1.46. The lowest BCUT2D eigenvalue weighted by atomic mass is 9.77. The Bertz CT molecular complexity index is 1920. The lowest BCUT2D eigenvalue weighted by Crippen LogP contribution is -2.61. The standard InChI is InChI=1S/C51H86FN5O13/c1-15-39-51(10,63)44(59)33(6)56(12)27-29(2)24-49(8,62)46(31(4)42(32(5)47(61)68-39)69-40-25-50(9,65-14)45(60)34(7)67-40)70-48-41(58)37(23-30(3)66-48)55(11)22-21-36-28-57(54-53-36)38(26-52)43(64-13)35-19-17-16-18-20-35/h16-20,28-34,37-46,48,58-60,62-63H,15,21-27H2,1-14H3/t29-,30-,31+,32-,33-,34+,37+,38-,39-,40+,41-,42+,43-,44-,45+,46-,48+,49-,50-,51-/m1/s1. The minimum absolute atomic E-state index is 0.0890. The first-order chi connectivity index (χ1) is 32.8. The second-order valence-corrected chi connectivity index (χ2v) is 21.4. The number of ether oxygens (including phenoxy) is 7. The summed E-state index contributed by atoms with van der Waals surface area (Å²) in [6.07, 6.45) is -7.78. The highest BCUT2D eigenvalue weighted by molar-refractivity contribution is 5.73. The molecule has 0 bridgehead atoms. The number of benzene rings is 1. The van der Waals surface area contributed by atoms with Gasteiger partial charge in [0.05, 0.1) is 47.2 Å². The molecule has 3 aliphatic heterocycles. The summed E-state index contributed by atoms with van der Waals surface area (Å²) in [6, 6.07) is 7.60. The molecule has 0 spiro atoms. The van der Waals surface area contributed by atoms with Crippen molar-refractivity contribution in [2.24, 2.45) is 17.8 Å². The summed E-state index contributed by atoms with van der Waals surface area (Å²) in [6.45, 7) is 17.6. The van der Waals surface area contributed by atoms with Crippen LogP contribution >= 0.6 is 0 Å². The molecule has 1 aromatic carbocycles. The van der Waals surface area contributed by atoms with Crippen LogP contribution in [-0.2, 0) is 44.4 Å². The predicted octanol–water partition coefficient (Wildman–Crippen LogP) is 4.00. The maximum Gasteiger partial charge on any atom is 0.311 e. The number of cyclic esters (lactones) is 1. The Labute approximate surface area is 415 Å². The van der Waals surface area contributed by atoms with Gasteiger partial charge in [0, 0.05) is 64.3 Å². The van der Waals surface area contributed by atoms with Crippen LogP contribution in [0.2, 0.25) is 0 Å². The van der Waals surface area contributed by atoms with E-state index in [4.69, 9.17) is 33.2 Å². The van der Waals surface area contributed by atoms with Gasteiger partial charge in [-0.2, -0.15) is 0 Å². The van der Waals surface area contributed by atoms with Crippen LogP contribution in [0.1, 0.15) is 118 Å². The molecular weight excluding hydrogens is 910 g/mol. The lowest BCUT2D eigenvalue weighted by molar-refractivity contribution is -0.318. The number of likely N-dealkylation sites (N-methyl/N-ethyl adjacent to an activating group) is 2. The van der Waals surface area contributed by atoms with Crippen LogP contribution in [0.15, 0.2) is 36.5 Å². The second kappa shape index (κ2) is 24.5. The Morgan fingerprint density at radius 3 is 2.26 bits per heavy atom.